The summed E-state index contributed by atoms with van der Waals surface area (Å²) >= 11 is 0. The summed E-state index contributed by atoms with van der Waals surface area (Å²) in [7, 11) is 3.19. The Morgan fingerprint density at radius 3 is 2.47 bits per heavy atom. The minimum absolute atomic E-state index is 0.0134. The van der Waals surface area contributed by atoms with Gasteiger partial charge in [-0.05, 0) is 24.6 Å². The smallest absolute Gasteiger partial charge is 0.224 e. The highest BCUT2D eigenvalue weighted by Gasteiger charge is 2.17. The van der Waals surface area contributed by atoms with Crippen molar-refractivity contribution in [3.05, 3.63) is 60.3 Å². The molecule has 0 aliphatic carbocycles. The Balaban J connectivity index is 1.81. The molecule has 0 saturated carbocycles. The lowest BCUT2D eigenvalue weighted by atomic mass is 10.1. The number of aromatic nitrogens is 4. The fourth-order valence-electron chi connectivity index (χ4n) is 3.27. The average molecular weight is 402 g/mol. The first-order valence-corrected chi connectivity index (χ1v) is 9.43. The van der Waals surface area contributed by atoms with Crippen LogP contribution in [-0.4, -0.2) is 34.2 Å². The molecule has 8 heteroatoms. The minimum atomic E-state index is -0.0134. The Kier molecular flexibility index (Phi) is 5.30. The van der Waals surface area contributed by atoms with Crippen LogP contribution < -0.4 is 20.5 Å². The van der Waals surface area contributed by atoms with Gasteiger partial charge in [0.15, 0.2) is 28.5 Å². The van der Waals surface area contributed by atoms with E-state index in [1.807, 2.05) is 55.5 Å². The van der Waals surface area contributed by atoms with E-state index in [0.29, 0.717) is 34.2 Å². The van der Waals surface area contributed by atoms with Gasteiger partial charge in [0.05, 0.1) is 32.2 Å². The first-order valence-electron chi connectivity index (χ1n) is 9.43. The predicted molar refractivity (Wildman–Crippen MR) is 117 cm³/mol. The summed E-state index contributed by atoms with van der Waals surface area (Å²) in [5.74, 6) is 1.84. The third-order valence-corrected chi connectivity index (χ3v) is 4.76. The van der Waals surface area contributed by atoms with Crippen LogP contribution in [0, 0.1) is 0 Å². The minimum Gasteiger partial charge on any atom is -0.493 e. The number of ether oxygens (including phenoxy) is 2. The maximum atomic E-state index is 5.91. The summed E-state index contributed by atoms with van der Waals surface area (Å²) in [6.07, 6.45) is 1.64. The van der Waals surface area contributed by atoms with Crippen molar-refractivity contribution in [3.63, 3.8) is 0 Å². The van der Waals surface area contributed by atoms with Gasteiger partial charge in [-0.15, -0.1) is 0 Å². The molecule has 152 valence electrons. The van der Waals surface area contributed by atoms with Gasteiger partial charge >= 0.3 is 0 Å². The summed E-state index contributed by atoms with van der Waals surface area (Å²) in [5.41, 5.74) is 9.32. The molecule has 0 saturated heterocycles. The molecule has 4 aromatic rings. The van der Waals surface area contributed by atoms with E-state index in [0.717, 1.165) is 11.1 Å². The highest BCUT2D eigenvalue weighted by molar-refractivity contribution is 5.86. The van der Waals surface area contributed by atoms with Crippen LogP contribution in [0.4, 0.5) is 11.8 Å². The molecule has 4 rings (SSSR count). The zero-order valence-corrected chi connectivity index (χ0v) is 17.0. The molecule has 0 bridgehead atoms. The number of para-hydroxylation sites is 1. The lowest BCUT2D eigenvalue weighted by molar-refractivity contribution is 0.356. The third kappa shape index (κ3) is 3.67. The number of methoxy groups -OCH3 is 2. The second-order valence-corrected chi connectivity index (χ2v) is 6.68. The summed E-state index contributed by atoms with van der Waals surface area (Å²) in [6.45, 7) is 2.04. The molecule has 8 nitrogen and oxygen atoms in total. The fraction of sp³-hybridized carbons (Fsp3) is 0.182. The lowest BCUT2D eigenvalue weighted by Crippen LogP contribution is -2.11. The zero-order chi connectivity index (χ0) is 21.1. The number of nitrogens with two attached hydrogens (primary N) is 1. The fourth-order valence-corrected chi connectivity index (χ4v) is 3.27. The van der Waals surface area contributed by atoms with Gasteiger partial charge in [0.1, 0.15) is 0 Å². The number of nitrogens with one attached hydrogen (secondary N) is 1. The van der Waals surface area contributed by atoms with E-state index in [4.69, 9.17) is 20.2 Å². The second kappa shape index (κ2) is 8.20. The highest BCUT2D eigenvalue weighted by atomic mass is 16.5. The average Bonchev–Trinajstić information content (AvgIpc) is 2.78. The number of rotatable bonds is 6. The van der Waals surface area contributed by atoms with Gasteiger partial charge in [0.25, 0.3) is 0 Å². The largest absolute Gasteiger partial charge is 0.493 e. The molecule has 1 atom stereocenters. The van der Waals surface area contributed by atoms with Gasteiger partial charge in [0.2, 0.25) is 5.95 Å². The lowest BCUT2D eigenvalue weighted by Gasteiger charge is -2.16. The number of fused-ring (bicyclic) bond motifs is 1. The van der Waals surface area contributed by atoms with Crippen LogP contribution in [0.2, 0.25) is 0 Å². The van der Waals surface area contributed by atoms with Crippen molar-refractivity contribution in [1.82, 2.24) is 19.9 Å². The maximum absolute atomic E-state index is 5.91. The molecular formula is C22H22N6O2. The van der Waals surface area contributed by atoms with E-state index in [1.54, 1.807) is 20.4 Å². The van der Waals surface area contributed by atoms with Crippen LogP contribution in [0.5, 0.6) is 11.5 Å². The predicted octanol–water partition coefficient (Wildman–Crippen LogP) is 3.86. The van der Waals surface area contributed by atoms with Gasteiger partial charge in [-0.2, -0.15) is 9.97 Å². The van der Waals surface area contributed by atoms with Gasteiger partial charge in [-0.25, -0.2) is 9.97 Å². The van der Waals surface area contributed by atoms with E-state index in [1.165, 1.54) is 0 Å². The second-order valence-electron chi connectivity index (χ2n) is 6.68. The van der Waals surface area contributed by atoms with Crippen LogP contribution >= 0.6 is 0 Å². The van der Waals surface area contributed by atoms with Crippen molar-refractivity contribution in [3.8, 4) is 22.8 Å². The number of benzene rings is 2. The molecule has 0 fully saturated rings. The van der Waals surface area contributed by atoms with E-state index < -0.39 is 0 Å². The summed E-state index contributed by atoms with van der Waals surface area (Å²) in [6, 6.07) is 15.6. The van der Waals surface area contributed by atoms with Crippen molar-refractivity contribution < 1.29 is 9.47 Å². The molecule has 3 N–H and O–H groups in total. The SMILES string of the molecule is COc1cccc(-c2cnc3nc(N)nc(NC(C)c4ccccc4)c3n2)c1OC. The molecule has 0 aliphatic rings. The van der Waals surface area contributed by atoms with Crippen LogP contribution in [0.25, 0.3) is 22.4 Å². The Morgan fingerprint density at radius 2 is 1.73 bits per heavy atom. The molecular weight excluding hydrogens is 380 g/mol. The quantitative estimate of drug-likeness (QED) is 0.500. The maximum Gasteiger partial charge on any atom is 0.224 e. The van der Waals surface area contributed by atoms with Gasteiger partial charge in [-0.1, -0.05) is 36.4 Å². The first-order chi connectivity index (χ1) is 14.6. The highest BCUT2D eigenvalue weighted by Crippen LogP contribution is 2.37. The monoisotopic (exact) mass is 402 g/mol. The molecule has 2 heterocycles. The van der Waals surface area contributed by atoms with E-state index in [-0.39, 0.29) is 12.0 Å². The summed E-state index contributed by atoms with van der Waals surface area (Å²) < 4.78 is 10.9. The van der Waals surface area contributed by atoms with Crippen LogP contribution in [0.3, 0.4) is 0 Å². The van der Waals surface area contributed by atoms with E-state index in [9.17, 15) is 0 Å². The molecule has 0 spiro atoms. The molecule has 0 amide bonds. The first kappa shape index (κ1) is 19.4. The molecule has 2 aromatic carbocycles. The van der Waals surface area contributed by atoms with Gasteiger partial charge < -0.3 is 20.5 Å². The summed E-state index contributed by atoms with van der Waals surface area (Å²) in [4.78, 5) is 17.8. The summed E-state index contributed by atoms with van der Waals surface area (Å²) in [5, 5.41) is 3.38. The van der Waals surface area contributed by atoms with E-state index >= 15 is 0 Å². The Morgan fingerprint density at radius 1 is 0.933 bits per heavy atom. The van der Waals surface area contributed by atoms with Crippen LogP contribution in [-0.2, 0) is 0 Å². The van der Waals surface area contributed by atoms with Gasteiger partial charge in [0, 0.05) is 5.56 Å². The van der Waals surface area contributed by atoms with E-state index in [2.05, 4.69) is 20.3 Å². The topological polar surface area (TPSA) is 108 Å². The molecule has 30 heavy (non-hydrogen) atoms. The number of hydrogen-bond acceptors (Lipinski definition) is 8. The van der Waals surface area contributed by atoms with Crippen LogP contribution in [0.1, 0.15) is 18.5 Å². The molecule has 0 radical (unpaired) electrons. The number of hydrogen-bond donors (Lipinski definition) is 2. The van der Waals surface area contributed by atoms with Crippen molar-refractivity contribution in [2.45, 2.75) is 13.0 Å². The van der Waals surface area contributed by atoms with Crippen LogP contribution in [0.15, 0.2) is 54.7 Å². The third-order valence-electron chi connectivity index (χ3n) is 4.76. The number of anilines is 2. The molecule has 2 aromatic heterocycles. The Bertz CT molecular complexity index is 1180. The van der Waals surface area contributed by atoms with Gasteiger partial charge in [-0.3, -0.25) is 0 Å². The van der Waals surface area contributed by atoms with Crippen molar-refractivity contribution in [1.29, 1.82) is 0 Å². The van der Waals surface area contributed by atoms with Crippen molar-refractivity contribution >= 4 is 22.9 Å². The standard InChI is InChI=1S/C22H22N6O2/c1-13(14-8-5-4-6-9-14)25-21-18-20(27-22(23)28-21)24-12-16(26-18)15-10-7-11-17(29-2)19(15)30-3/h4-13H,1-3H3,(H3,23,24,25,27,28). The molecule has 1 unspecified atom stereocenters. The normalized spacial score (nSPS) is 11.8. The Labute approximate surface area is 174 Å². The zero-order valence-electron chi connectivity index (χ0n) is 17.0. The van der Waals surface area contributed by atoms with Crippen molar-refractivity contribution in [2.24, 2.45) is 0 Å². The number of nitrogens with zero attached hydrogens (tertiary/aromatic N) is 4. The molecule has 0 aliphatic heterocycles. The number of nitrogen functional groups attached to an aromatic ring is 1. The van der Waals surface area contributed by atoms with Crippen molar-refractivity contribution in [2.75, 3.05) is 25.3 Å². The Hall–Kier alpha value is -3.94.